The lowest BCUT2D eigenvalue weighted by Crippen LogP contribution is -2.33. The summed E-state index contributed by atoms with van der Waals surface area (Å²) in [4.78, 5) is 0. The first-order valence-corrected chi connectivity index (χ1v) is 3.03. The smallest absolute Gasteiger partial charge is 0.309 e. The molecule has 1 nitrogen and oxygen atoms in total. The maximum atomic E-state index is 11.5. The van der Waals surface area contributed by atoms with Crippen molar-refractivity contribution in [2.45, 2.75) is 12.6 Å². The third kappa shape index (κ3) is 2.39. The highest BCUT2D eigenvalue weighted by atomic mass is 19.4. The van der Waals surface area contributed by atoms with Gasteiger partial charge in [-0.2, -0.15) is 13.2 Å². The van der Waals surface area contributed by atoms with E-state index in [0.29, 0.717) is 13.1 Å². The summed E-state index contributed by atoms with van der Waals surface area (Å²) in [5, 5.41) is 2.86. The summed E-state index contributed by atoms with van der Waals surface area (Å²) >= 11 is 0. The molecule has 0 aromatic carbocycles. The highest BCUT2D eigenvalue weighted by molar-refractivity contribution is 5.13. The Kier molecular flexibility index (Phi) is 1.99. The first-order valence-electron chi connectivity index (χ1n) is 3.03. The van der Waals surface area contributed by atoms with Gasteiger partial charge in [-0.15, -0.1) is 0 Å². The van der Waals surface area contributed by atoms with Gasteiger partial charge in [0.15, 0.2) is 0 Å². The van der Waals surface area contributed by atoms with Crippen LogP contribution >= 0.6 is 0 Å². The van der Waals surface area contributed by atoms with Crippen LogP contribution in [0.1, 0.15) is 6.42 Å². The molecule has 1 heterocycles. The van der Waals surface area contributed by atoms with E-state index in [0.717, 1.165) is 5.57 Å². The summed E-state index contributed by atoms with van der Waals surface area (Å²) in [5.74, 6) is 0. The average Bonchev–Trinajstić information content (AvgIpc) is 1.56. The van der Waals surface area contributed by atoms with Gasteiger partial charge in [-0.25, -0.2) is 0 Å². The molecule has 0 radical (unpaired) electrons. The van der Waals surface area contributed by atoms with Crippen molar-refractivity contribution in [3.8, 4) is 0 Å². The maximum absolute atomic E-state index is 11.5. The van der Waals surface area contributed by atoms with E-state index in [4.69, 9.17) is 0 Å². The Hall–Kier alpha value is -0.510. The summed E-state index contributed by atoms with van der Waals surface area (Å²) in [5.41, 5.74) is 0.859. The molecule has 1 aliphatic heterocycles. The van der Waals surface area contributed by atoms with E-state index in [9.17, 15) is 13.2 Å². The molecule has 0 aliphatic carbocycles. The van der Waals surface area contributed by atoms with Gasteiger partial charge in [-0.3, -0.25) is 0 Å². The molecule has 1 aliphatic rings. The zero-order valence-corrected chi connectivity index (χ0v) is 5.33. The normalized spacial score (nSPS) is 18.5. The Balaban J connectivity index is 2.26. The van der Waals surface area contributed by atoms with Gasteiger partial charge in [0.25, 0.3) is 0 Å². The lowest BCUT2D eigenvalue weighted by atomic mass is 10.1. The minimum absolute atomic E-state index is 0.621. The fourth-order valence-electron chi connectivity index (χ4n) is 0.674. The van der Waals surface area contributed by atoms with E-state index in [1.54, 1.807) is 0 Å². The SMILES string of the molecule is FC(F)(F)CC=C1CNC1. The molecule has 0 aromatic heterocycles. The van der Waals surface area contributed by atoms with Gasteiger partial charge in [0.05, 0.1) is 6.42 Å². The molecule has 1 fully saturated rings. The molecule has 0 saturated carbocycles. The number of nitrogens with one attached hydrogen (secondary N) is 1. The van der Waals surface area contributed by atoms with Crippen molar-refractivity contribution < 1.29 is 13.2 Å². The van der Waals surface area contributed by atoms with Crippen LogP contribution in [0.15, 0.2) is 11.6 Å². The maximum Gasteiger partial charge on any atom is 0.392 e. The molecule has 0 amide bonds. The fraction of sp³-hybridized carbons (Fsp3) is 0.667. The van der Waals surface area contributed by atoms with E-state index in [2.05, 4.69) is 5.32 Å². The predicted octanol–water partition coefficient (Wildman–Crippen LogP) is 1.47. The Morgan fingerprint density at radius 2 is 2.00 bits per heavy atom. The largest absolute Gasteiger partial charge is 0.392 e. The minimum atomic E-state index is -4.04. The summed E-state index contributed by atoms with van der Waals surface area (Å²) in [6, 6.07) is 0. The molecule has 1 N–H and O–H groups in total. The summed E-state index contributed by atoms with van der Waals surface area (Å²) < 4.78 is 34.5. The van der Waals surface area contributed by atoms with Crippen LogP contribution in [0, 0.1) is 0 Å². The van der Waals surface area contributed by atoms with E-state index in [1.807, 2.05) is 0 Å². The summed E-state index contributed by atoms with van der Waals surface area (Å²) in [7, 11) is 0. The standard InChI is InChI=1S/C6H8F3N/c7-6(8,9)2-1-5-3-10-4-5/h1,10H,2-4H2. The van der Waals surface area contributed by atoms with Crippen LogP contribution in [-0.4, -0.2) is 19.3 Å². The van der Waals surface area contributed by atoms with E-state index in [1.165, 1.54) is 6.08 Å². The molecule has 1 rings (SSSR count). The monoisotopic (exact) mass is 151 g/mol. The molecule has 0 spiro atoms. The Labute approximate surface area is 56.9 Å². The summed E-state index contributed by atoms with van der Waals surface area (Å²) in [6.45, 7) is 1.24. The molecule has 1 saturated heterocycles. The van der Waals surface area contributed by atoms with Gasteiger partial charge >= 0.3 is 6.18 Å². The van der Waals surface area contributed by atoms with E-state index < -0.39 is 12.6 Å². The number of halogens is 3. The van der Waals surface area contributed by atoms with E-state index in [-0.39, 0.29) is 0 Å². The second kappa shape index (κ2) is 2.62. The lowest BCUT2D eigenvalue weighted by Gasteiger charge is -2.18. The van der Waals surface area contributed by atoms with Crippen LogP contribution in [0.2, 0.25) is 0 Å². The molecule has 58 valence electrons. The number of allylic oxidation sites excluding steroid dienone is 1. The third-order valence-electron chi connectivity index (χ3n) is 1.33. The zero-order chi connectivity index (χ0) is 7.61. The van der Waals surface area contributed by atoms with Gasteiger partial charge in [0.2, 0.25) is 0 Å². The van der Waals surface area contributed by atoms with Crippen LogP contribution < -0.4 is 5.32 Å². The van der Waals surface area contributed by atoms with Crippen LogP contribution in [0.5, 0.6) is 0 Å². The van der Waals surface area contributed by atoms with Crippen molar-refractivity contribution in [3.63, 3.8) is 0 Å². The van der Waals surface area contributed by atoms with Crippen LogP contribution in [0.25, 0.3) is 0 Å². The van der Waals surface area contributed by atoms with Gasteiger partial charge in [-0.05, 0) is 5.57 Å². The molecule has 10 heavy (non-hydrogen) atoms. The number of rotatable bonds is 1. The Morgan fingerprint density at radius 3 is 2.30 bits per heavy atom. The molecular formula is C6H8F3N. The van der Waals surface area contributed by atoms with Crippen molar-refractivity contribution in [1.29, 1.82) is 0 Å². The first kappa shape index (κ1) is 7.60. The van der Waals surface area contributed by atoms with Gasteiger partial charge in [0.1, 0.15) is 0 Å². The van der Waals surface area contributed by atoms with Gasteiger partial charge in [-0.1, -0.05) is 6.08 Å². The van der Waals surface area contributed by atoms with E-state index >= 15 is 0 Å². The van der Waals surface area contributed by atoms with Crippen molar-refractivity contribution in [1.82, 2.24) is 5.32 Å². The van der Waals surface area contributed by atoms with Gasteiger partial charge in [0, 0.05) is 13.1 Å². The number of hydrogen-bond donors (Lipinski definition) is 1. The number of alkyl halides is 3. The van der Waals surface area contributed by atoms with Crippen LogP contribution in [-0.2, 0) is 0 Å². The number of hydrogen-bond acceptors (Lipinski definition) is 1. The second-order valence-corrected chi connectivity index (χ2v) is 2.29. The predicted molar refractivity (Wildman–Crippen MR) is 31.6 cm³/mol. The topological polar surface area (TPSA) is 12.0 Å². The molecule has 0 unspecified atom stereocenters. The lowest BCUT2D eigenvalue weighted by molar-refractivity contribution is -0.125. The average molecular weight is 151 g/mol. The molecule has 0 atom stereocenters. The van der Waals surface area contributed by atoms with Gasteiger partial charge < -0.3 is 5.32 Å². The van der Waals surface area contributed by atoms with Crippen molar-refractivity contribution in [2.75, 3.05) is 13.1 Å². The fourth-order valence-corrected chi connectivity index (χ4v) is 0.674. The zero-order valence-electron chi connectivity index (χ0n) is 5.33. The molecule has 0 bridgehead atoms. The molecule has 4 heteroatoms. The van der Waals surface area contributed by atoms with Crippen molar-refractivity contribution in [3.05, 3.63) is 11.6 Å². The minimum Gasteiger partial charge on any atom is -0.309 e. The summed E-state index contributed by atoms with van der Waals surface area (Å²) in [6.07, 6.45) is -3.58. The highest BCUT2D eigenvalue weighted by Crippen LogP contribution is 2.21. The quantitative estimate of drug-likeness (QED) is 0.559. The Morgan fingerprint density at radius 1 is 1.40 bits per heavy atom. The van der Waals surface area contributed by atoms with Crippen molar-refractivity contribution in [2.24, 2.45) is 0 Å². The third-order valence-corrected chi connectivity index (χ3v) is 1.33. The Bertz CT molecular complexity index is 142. The molecular weight excluding hydrogens is 143 g/mol. The first-order chi connectivity index (χ1) is 4.58. The van der Waals surface area contributed by atoms with Crippen LogP contribution in [0.3, 0.4) is 0 Å². The van der Waals surface area contributed by atoms with Crippen LogP contribution in [0.4, 0.5) is 13.2 Å². The van der Waals surface area contributed by atoms with Crippen molar-refractivity contribution >= 4 is 0 Å². The highest BCUT2D eigenvalue weighted by Gasteiger charge is 2.25. The molecule has 0 aromatic rings. The second-order valence-electron chi connectivity index (χ2n) is 2.29.